The molecule has 3 N–H and O–H groups in total. The molecule has 4 aromatic rings. The molecule has 1 heterocycles. The Bertz CT molecular complexity index is 1360. The topological polar surface area (TPSA) is 106 Å². The van der Waals surface area contributed by atoms with Gasteiger partial charge in [-0.15, -0.1) is 0 Å². The van der Waals surface area contributed by atoms with Crippen LogP contribution in [0.1, 0.15) is 18.1 Å². The number of phenols is 1. The maximum atomic E-state index is 13.1. The molecule has 2 atom stereocenters. The molecule has 0 unspecified atom stereocenters. The monoisotopic (exact) mass is 487 g/mol. The zero-order chi connectivity index (χ0) is 24.9. The molecular weight excluding hydrogens is 462 g/mol. The van der Waals surface area contributed by atoms with Crippen molar-refractivity contribution < 1.29 is 34.0 Å². The summed E-state index contributed by atoms with van der Waals surface area (Å²) in [4.78, 5) is 13.1. The second-order valence-electron chi connectivity index (χ2n) is 8.22. The first-order valence-electron chi connectivity index (χ1n) is 11.5. The molecule has 8 heteroatoms. The Morgan fingerprint density at radius 1 is 0.917 bits per heavy atom. The number of carbonyl (C=O) groups is 1. The van der Waals surface area contributed by atoms with Crippen LogP contribution in [0.4, 0.5) is 10.5 Å². The third-order valence-corrected chi connectivity index (χ3v) is 5.88. The average Bonchev–Trinajstić information content (AvgIpc) is 3.36. The highest BCUT2D eigenvalue weighted by molar-refractivity contribution is 5.92. The first-order valence-corrected chi connectivity index (χ1v) is 11.5. The van der Waals surface area contributed by atoms with Gasteiger partial charge >= 0.3 is 6.09 Å². The number of anilines is 1. The van der Waals surface area contributed by atoms with Crippen molar-refractivity contribution in [2.45, 2.75) is 18.6 Å². The van der Waals surface area contributed by atoms with Crippen molar-refractivity contribution in [1.82, 2.24) is 0 Å². The zero-order valence-electron chi connectivity index (χ0n) is 19.3. The summed E-state index contributed by atoms with van der Waals surface area (Å²) in [6, 6.07) is 24.7. The summed E-state index contributed by atoms with van der Waals surface area (Å²) >= 11 is 0. The van der Waals surface area contributed by atoms with Gasteiger partial charge in [-0.3, -0.25) is 5.32 Å². The minimum absolute atomic E-state index is 0.112. The Kier molecular flexibility index (Phi) is 6.77. The van der Waals surface area contributed by atoms with Crippen LogP contribution in [0.25, 0.3) is 10.8 Å². The quantitative estimate of drug-likeness (QED) is 0.306. The SMILES string of the molecule is O=C(Nc1ccc2c(c1)OCO2)O[C@@H](c1ccc(O)c2ccccc12)[C@H](CCO)Oc1ccccc1. The standard InChI is InChI=1S/C28H25NO7/c30-15-14-25(35-19-6-2-1-3-7-19)27(22-11-12-23(31)21-9-5-4-8-20(21)22)36-28(32)29-18-10-13-24-26(16-18)34-17-33-24/h1-13,16,25,27,30-31H,14-15,17H2,(H,29,32)/t25-,27-/m0/s1. The van der Waals surface area contributed by atoms with Crippen LogP contribution >= 0.6 is 0 Å². The lowest BCUT2D eigenvalue weighted by molar-refractivity contribution is 0.00983. The number of benzene rings is 4. The van der Waals surface area contributed by atoms with E-state index in [9.17, 15) is 15.0 Å². The molecule has 0 aliphatic carbocycles. The van der Waals surface area contributed by atoms with E-state index in [-0.39, 0.29) is 25.6 Å². The summed E-state index contributed by atoms with van der Waals surface area (Å²) in [5.41, 5.74) is 1.11. The molecule has 1 aliphatic heterocycles. The third kappa shape index (κ3) is 4.99. The highest BCUT2D eigenvalue weighted by atomic mass is 16.7. The van der Waals surface area contributed by atoms with Gasteiger partial charge in [-0.05, 0) is 35.7 Å². The van der Waals surface area contributed by atoms with Gasteiger partial charge in [-0.2, -0.15) is 0 Å². The number of aliphatic hydroxyl groups excluding tert-OH is 1. The van der Waals surface area contributed by atoms with Gasteiger partial charge < -0.3 is 29.2 Å². The number of hydrogen-bond donors (Lipinski definition) is 3. The average molecular weight is 488 g/mol. The van der Waals surface area contributed by atoms with Crippen LogP contribution in [0.3, 0.4) is 0 Å². The van der Waals surface area contributed by atoms with Crippen molar-refractivity contribution in [3.05, 3.63) is 90.5 Å². The maximum absolute atomic E-state index is 13.1. The van der Waals surface area contributed by atoms with Crippen LogP contribution in [0.15, 0.2) is 84.9 Å². The number of nitrogens with one attached hydrogen (secondary N) is 1. The molecule has 8 nitrogen and oxygen atoms in total. The fourth-order valence-corrected chi connectivity index (χ4v) is 4.20. The van der Waals surface area contributed by atoms with Crippen molar-refractivity contribution >= 4 is 22.6 Å². The number of rotatable bonds is 8. The lowest BCUT2D eigenvalue weighted by Crippen LogP contribution is -2.32. The van der Waals surface area contributed by atoms with E-state index >= 15 is 0 Å². The number of aromatic hydroxyl groups is 1. The molecule has 5 rings (SSSR count). The molecule has 4 aromatic carbocycles. The van der Waals surface area contributed by atoms with E-state index in [0.29, 0.717) is 39.3 Å². The largest absolute Gasteiger partial charge is 0.507 e. The van der Waals surface area contributed by atoms with Crippen LogP contribution in [0.5, 0.6) is 23.0 Å². The summed E-state index contributed by atoms with van der Waals surface area (Å²) in [5.74, 6) is 1.81. The molecular formula is C28H25NO7. The first kappa shape index (κ1) is 23.3. The Hall–Kier alpha value is -4.43. The summed E-state index contributed by atoms with van der Waals surface area (Å²) in [5, 5.41) is 24.3. The minimum Gasteiger partial charge on any atom is -0.507 e. The fraction of sp³-hybridized carbons (Fsp3) is 0.179. The molecule has 184 valence electrons. The van der Waals surface area contributed by atoms with Gasteiger partial charge in [-0.25, -0.2) is 4.79 Å². The molecule has 0 spiro atoms. The molecule has 0 bridgehead atoms. The van der Waals surface area contributed by atoms with Gasteiger partial charge in [0.15, 0.2) is 17.6 Å². The Labute approximate surface area is 207 Å². The lowest BCUT2D eigenvalue weighted by Gasteiger charge is -2.29. The van der Waals surface area contributed by atoms with Crippen molar-refractivity contribution in [2.24, 2.45) is 0 Å². The van der Waals surface area contributed by atoms with Crippen LogP contribution in [0, 0.1) is 0 Å². The molecule has 1 aliphatic rings. The molecule has 0 fully saturated rings. The highest BCUT2D eigenvalue weighted by Crippen LogP contribution is 2.37. The highest BCUT2D eigenvalue weighted by Gasteiger charge is 2.31. The molecule has 0 radical (unpaired) electrons. The van der Waals surface area contributed by atoms with Crippen molar-refractivity contribution in [3.63, 3.8) is 0 Å². The smallest absolute Gasteiger partial charge is 0.412 e. The number of amides is 1. The van der Waals surface area contributed by atoms with Crippen LogP contribution in [0.2, 0.25) is 0 Å². The molecule has 0 saturated carbocycles. The van der Waals surface area contributed by atoms with Gasteiger partial charge in [0.1, 0.15) is 17.6 Å². The normalized spacial score (nSPS) is 13.7. The first-order chi connectivity index (χ1) is 17.6. The number of carbonyl (C=O) groups excluding carboxylic acids is 1. The van der Waals surface area contributed by atoms with Crippen molar-refractivity contribution in [2.75, 3.05) is 18.7 Å². The van der Waals surface area contributed by atoms with Crippen LogP contribution in [-0.4, -0.2) is 35.8 Å². The molecule has 0 saturated heterocycles. The van der Waals surface area contributed by atoms with E-state index < -0.39 is 18.3 Å². The minimum atomic E-state index is -0.906. The van der Waals surface area contributed by atoms with E-state index in [2.05, 4.69) is 5.32 Å². The summed E-state index contributed by atoms with van der Waals surface area (Å²) in [6.45, 7) is -0.0595. The summed E-state index contributed by atoms with van der Waals surface area (Å²) in [7, 11) is 0. The summed E-state index contributed by atoms with van der Waals surface area (Å²) in [6.07, 6.45) is -2.13. The molecule has 0 aromatic heterocycles. The number of aliphatic hydroxyl groups is 1. The van der Waals surface area contributed by atoms with E-state index in [1.165, 1.54) is 0 Å². The second kappa shape index (κ2) is 10.5. The van der Waals surface area contributed by atoms with Crippen LogP contribution in [-0.2, 0) is 4.74 Å². The predicted octanol–water partition coefficient (Wildman–Crippen LogP) is 5.39. The lowest BCUT2D eigenvalue weighted by atomic mass is 9.95. The fourth-order valence-electron chi connectivity index (χ4n) is 4.20. The van der Waals surface area contributed by atoms with E-state index in [4.69, 9.17) is 18.9 Å². The van der Waals surface area contributed by atoms with E-state index in [0.717, 1.165) is 0 Å². The third-order valence-electron chi connectivity index (χ3n) is 5.88. The Morgan fingerprint density at radius 3 is 2.47 bits per heavy atom. The van der Waals surface area contributed by atoms with Gasteiger partial charge in [0, 0.05) is 35.7 Å². The van der Waals surface area contributed by atoms with E-state index in [1.54, 1.807) is 48.5 Å². The second-order valence-corrected chi connectivity index (χ2v) is 8.22. The van der Waals surface area contributed by atoms with Gasteiger partial charge in [0.05, 0.1) is 0 Å². The number of para-hydroxylation sites is 1. The van der Waals surface area contributed by atoms with E-state index in [1.807, 2.05) is 36.4 Å². The molecule has 36 heavy (non-hydrogen) atoms. The van der Waals surface area contributed by atoms with Crippen molar-refractivity contribution in [3.8, 4) is 23.0 Å². The number of ether oxygens (including phenoxy) is 4. The predicted molar refractivity (Wildman–Crippen MR) is 134 cm³/mol. The Morgan fingerprint density at radius 2 is 1.67 bits per heavy atom. The van der Waals surface area contributed by atoms with Gasteiger partial charge in [0.25, 0.3) is 0 Å². The number of fused-ring (bicyclic) bond motifs is 2. The molecule has 1 amide bonds. The number of phenolic OH excluding ortho intramolecular Hbond substituents is 1. The number of hydrogen-bond acceptors (Lipinski definition) is 7. The maximum Gasteiger partial charge on any atom is 0.412 e. The van der Waals surface area contributed by atoms with Gasteiger partial charge in [0.2, 0.25) is 6.79 Å². The zero-order valence-corrected chi connectivity index (χ0v) is 19.3. The van der Waals surface area contributed by atoms with Gasteiger partial charge in [-0.1, -0.05) is 48.5 Å². The summed E-state index contributed by atoms with van der Waals surface area (Å²) < 4.78 is 22.9. The Balaban J connectivity index is 1.49. The van der Waals surface area contributed by atoms with Crippen LogP contribution < -0.4 is 19.5 Å². The van der Waals surface area contributed by atoms with Crippen molar-refractivity contribution in [1.29, 1.82) is 0 Å².